The van der Waals surface area contributed by atoms with Gasteiger partial charge in [-0.2, -0.15) is 49.2 Å². The van der Waals surface area contributed by atoms with Crippen molar-refractivity contribution < 1.29 is 36.4 Å². The van der Waals surface area contributed by atoms with Crippen LogP contribution in [0, 0.1) is 13.8 Å². The predicted octanol–water partition coefficient (Wildman–Crippen LogP) is 4.06. The van der Waals surface area contributed by atoms with E-state index in [2.05, 4.69) is 27.0 Å². The summed E-state index contributed by atoms with van der Waals surface area (Å²) in [6.07, 6.45) is 2.86. The van der Waals surface area contributed by atoms with Gasteiger partial charge in [0.05, 0.1) is 13.2 Å². The first-order valence-corrected chi connectivity index (χ1v) is 6.79. The Bertz CT molecular complexity index is 410. The molecule has 0 saturated heterocycles. The second kappa shape index (κ2) is 22.7. The summed E-state index contributed by atoms with van der Waals surface area (Å²) in [5.41, 5.74) is 2.14. The maximum atomic E-state index is 7.76. The standard InChI is InChI=1S/2C7H7.2C3H6O.Zr/c2*1-7-5-3-2-4-6-7;2*1-2-3-4;/h2*2-6H,1H2;2*2,4H,1,3H2;/q2*-1;;;+2. The van der Waals surface area contributed by atoms with Gasteiger partial charge in [0.1, 0.15) is 0 Å². The molecule has 0 spiro atoms. The van der Waals surface area contributed by atoms with E-state index >= 15 is 0 Å². The Morgan fingerprint density at radius 3 is 1.00 bits per heavy atom. The SMILES string of the molecule is C=CCO.C=CCO.[CH2-]c1ccccc1.[CH2-]c1ccccc1.[Zr+2]. The summed E-state index contributed by atoms with van der Waals surface area (Å²) in [6, 6.07) is 19.7. The van der Waals surface area contributed by atoms with Gasteiger partial charge in [-0.1, -0.05) is 24.3 Å². The fraction of sp³-hybridized carbons (Fsp3) is 0.100. The van der Waals surface area contributed by atoms with Crippen molar-refractivity contribution in [2.75, 3.05) is 13.2 Å². The Labute approximate surface area is 160 Å². The van der Waals surface area contributed by atoms with Gasteiger partial charge in [-0.3, -0.25) is 0 Å². The molecule has 2 rings (SSSR count). The molecule has 0 bridgehead atoms. The maximum Gasteiger partial charge on any atom is 2.00 e. The molecule has 0 aliphatic rings. The minimum atomic E-state index is 0. The van der Waals surface area contributed by atoms with E-state index < -0.39 is 0 Å². The van der Waals surface area contributed by atoms with E-state index in [0.29, 0.717) is 0 Å². The van der Waals surface area contributed by atoms with E-state index in [1.54, 1.807) is 0 Å². The van der Waals surface area contributed by atoms with Crippen LogP contribution in [-0.2, 0) is 26.2 Å². The maximum absolute atomic E-state index is 7.76. The molecule has 2 aromatic rings. The smallest absolute Gasteiger partial charge is 0.392 e. The van der Waals surface area contributed by atoms with Crippen molar-refractivity contribution in [2.24, 2.45) is 0 Å². The van der Waals surface area contributed by atoms with Crippen LogP contribution in [0.3, 0.4) is 0 Å². The summed E-state index contributed by atoms with van der Waals surface area (Å²) in [6.45, 7) is 14.1. The van der Waals surface area contributed by atoms with Gasteiger partial charge in [0.2, 0.25) is 0 Å². The van der Waals surface area contributed by atoms with Crippen molar-refractivity contribution in [3.05, 3.63) is 111 Å². The first-order valence-electron chi connectivity index (χ1n) is 6.79. The third-order valence-corrected chi connectivity index (χ3v) is 1.94. The topological polar surface area (TPSA) is 40.5 Å². The number of aliphatic hydroxyl groups excluding tert-OH is 2. The summed E-state index contributed by atoms with van der Waals surface area (Å²) < 4.78 is 0. The van der Waals surface area contributed by atoms with E-state index in [4.69, 9.17) is 10.2 Å². The first kappa shape index (κ1) is 26.4. The molecule has 23 heavy (non-hydrogen) atoms. The molecule has 2 aromatic carbocycles. The Morgan fingerprint density at radius 1 is 0.696 bits per heavy atom. The molecule has 0 atom stereocenters. The van der Waals surface area contributed by atoms with Crippen LogP contribution in [0.15, 0.2) is 86.0 Å². The van der Waals surface area contributed by atoms with Crippen LogP contribution in [0.25, 0.3) is 0 Å². The zero-order chi connectivity index (χ0) is 17.1. The second-order valence-corrected chi connectivity index (χ2v) is 3.91. The predicted molar refractivity (Wildman–Crippen MR) is 96.4 cm³/mol. The van der Waals surface area contributed by atoms with Crippen LogP contribution in [0.1, 0.15) is 11.1 Å². The van der Waals surface area contributed by atoms with Gasteiger partial charge in [-0.25, -0.2) is 0 Å². The molecule has 0 unspecified atom stereocenters. The summed E-state index contributed by atoms with van der Waals surface area (Å²) in [4.78, 5) is 0. The van der Waals surface area contributed by atoms with Crippen molar-refractivity contribution in [2.45, 2.75) is 0 Å². The van der Waals surface area contributed by atoms with E-state index in [-0.39, 0.29) is 39.4 Å². The molecule has 0 fully saturated rings. The molecule has 0 heterocycles. The molecule has 0 amide bonds. The van der Waals surface area contributed by atoms with Gasteiger partial charge in [-0.15, -0.1) is 37.4 Å². The Morgan fingerprint density at radius 2 is 0.913 bits per heavy atom. The van der Waals surface area contributed by atoms with E-state index in [9.17, 15) is 0 Å². The van der Waals surface area contributed by atoms with Crippen LogP contribution in [-0.4, -0.2) is 23.4 Å². The van der Waals surface area contributed by atoms with Crippen molar-refractivity contribution >= 4 is 0 Å². The van der Waals surface area contributed by atoms with Gasteiger partial charge in [0.15, 0.2) is 0 Å². The van der Waals surface area contributed by atoms with Crippen molar-refractivity contribution in [1.29, 1.82) is 0 Å². The molecule has 2 nitrogen and oxygen atoms in total. The molecule has 0 saturated carbocycles. The van der Waals surface area contributed by atoms with Crippen molar-refractivity contribution in [3.8, 4) is 0 Å². The number of rotatable bonds is 2. The second-order valence-electron chi connectivity index (χ2n) is 3.91. The summed E-state index contributed by atoms with van der Waals surface area (Å²) in [5.74, 6) is 0. The zero-order valence-electron chi connectivity index (χ0n) is 13.6. The third-order valence-electron chi connectivity index (χ3n) is 1.94. The molecule has 0 aliphatic carbocycles. The number of aliphatic hydroxyl groups is 2. The molecule has 0 aliphatic heterocycles. The molecule has 3 heteroatoms. The average molecular weight is 390 g/mol. The van der Waals surface area contributed by atoms with Crippen LogP contribution < -0.4 is 0 Å². The number of hydrogen-bond donors (Lipinski definition) is 2. The Hall–Kier alpha value is -1.54. The molecule has 0 aromatic heterocycles. The molecular formula is C20H26O2Zr. The van der Waals surface area contributed by atoms with Crippen LogP contribution >= 0.6 is 0 Å². The van der Waals surface area contributed by atoms with Crippen LogP contribution in [0.4, 0.5) is 0 Å². The van der Waals surface area contributed by atoms with Gasteiger partial charge in [-0.05, 0) is 0 Å². The van der Waals surface area contributed by atoms with Gasteiger partial charge in [0, 0.05) is 0 Å². The van der Waals surface area contributed by atoms with E-state index in [0.717, 1.165) is 11.1 Å². The normalized spacial score (nSPS) is 7.39. The summed E-state index contributed by atoms with van der Waals surface area (Å²) >= 11 is 0. The molecule has 2 N–H and O–H groups in total. The summed E-state index contributed by atoms with van der Waals surface area (Å²) in [7, 11) is 0. The van der Waals surface area contributed by atoms with Crippen molar-refractivity contribution in [1.82, 2.24) is 0 Å². The fourth-order valence-electron chi connectivity index (χ4n) is 0.956. The van der Waals surface area contributed by atoms with Crippen LogP contribution in [0.2, 0.25) is 0 Å². The van der Waals surface area contributed by atoms with E-state index in [1.165, 1.54) is 12.2 Å². The fourth-order valence-corrected chi connectivity index (χ4v) is 0.956. The molecular weight excluding hydrogens is 363 g/mol. The van der Waals surface area contributed by atoms with E-state index in [1.807, 2.05) is 60.7 Å². The monoisotopic (exact) mass is 388 g/mol. The third kappa shape index (κ3) is 25.7. The zero-order valence-corrected chi connectivity index (χ0v) is 16.0. The largest absolute Gasteiger partial charge is 2.00 e. The number of benzene rings is 2. The molecule has 122 valence electrons. The number of hydrogen-bond acceptors (Lipinski definition) is 2. The van der Waals surface area contributed by atoms with Gasteiger partial charge >= 0.3 is 26.2 Å². The van der Waals surface area contributed by atoms with Crippen molar-refractivity contribution in [3.63, 3.8) is 0 Å². The van der Waals surface area contributed by atoms with Gasteiger partial charge < -0.3 is 10.2 Å². The van der Waals surface area contributed by atoms with Gasteiger partial charge in [0.25, 0.3) is 0 Å². The molecule has 0 radical (unpaired) electrons. The minimum absolute atomic E-state index is 0. The first-order chi connectivity index (χ1) is 10.6. The van der Waals surface area contributed by atoms with Crippen LogP contribution in [0.5, 0.6) is 0 Å². The Balaban J connectivity index is -0.000000238. The average Bonchev–Trinajstić information content (AvgIpc) is 2.57. The Kier molecular flexibility index (Phi) is 26.1. The summed E-state index contributed by atoms with van der Waals surface area (Å²) in [5, 5.41) is 15.5. The quantitative estimate of drug-likeness (QED) is 0.600. The minimum Gasteiger partial charge on any atom is -0.392 e.